The van der Waals surface area contributed by atoms with Crippen molar-refractivity contribution in [1.29, 1.82) is 0 Å². The maximum atomic E-state index is 13.1. The van der Waals surface area contributed by atoms with E-state index in [4.69, 9.17) is 0 Å². The molecule has 30 heavy (non-hydrogen) atoms. The summed E-state index contributed by atoms with van der Waals surface area (Å²) in [6.07, 6.45) is 0. The van der Waals surface area contributed by atoms with Crippen LogP contribution < -0.4 is 10.2 Å². The average molecular weight is 400 g/mol. The van der Waals surface area contributed by atoms with E-state index in [9.17, 15) is 4.79 Å². The Kier molecular flexibility index (Phi) is 6.15. The van der Waals surface area contributed by atoms with Crippen molar-refractivity contribution in [3.63, 3.8) is 0 Å². The lowest BCUT2D eigenvalue weighted by Gasteiger charge is -2.35. The van der Waals surface area contributed by atoms with Gasteiger partial charge in [-0.2, -0.15) is 0 Å². The van der Waals surface area contributed by atoms with Crippen molar-refractivity contribution in [2.45, 2.75) is 13.8 Å². The highest BCUT2D eigenvalue weighted by Gasteiger charge is 2.17. The first-order chi connectivity index (χ1) is 14.7. The number of nitrogens with zero attached hydrogens (tertiary/aromatic N) is 2. The minimum absolute atomic E-state index is 0.0816. The van der Waals surface area contributed by atoms with Gasteiger partial charge in [0.25, 0.3) is 5.91 Å². The number of anilines is 2. The van der Waals surface area contributed by atoms with Gasteiger partial charge in [-0.3, -0.25) is 4.79 Å². The van der Waals surface area contributed by atoms with E-state index >= 15 is 0 Å². The minimum atomic E-state index is -0.0816. The molecule has 0 radical (unpaired) electrons. The van der Waals surface area contributed by atoms with E-state index in [1.165, 1.54) is 5.69 Å². The molecule has 0 bridgehead atoms. The lowest BCUT2D eigenvalue weighted by Crippen LogP contribution is -2.46. The van der Waals surface area contributed by atoms with Crippen LogP contribution in [0.15, 0.2) is 72.8 Å². The summed E-state index contributed by atoms with van der Waals surface area (Å²) in [5.74, 6) is -0.0816. The summed E-state index contributed by atoms with van der Waals surface area (Å²) in [5, 5.41) is 3.12. The van der Waals surface area contributed by atoms with Crippen molar-refractivity contribution in [2.24, 2.45) is 0 Å². The average Bonchev–Trinajstić information content (AvgIpc) is 2.81. The lowest BCUT2D eigenvalue weighted by molar-refractivity contribution is 0.102. The summed E-state index contributed by atoms with van der Waals surface area (Å²) < 4.78 is 0. The van der Waals surface area contributed by atoms with Crippen LogP contribution in [-0.2, 0) is 0 Å². The standard InChI is InChI=1S/C26H29N3O/c1-3-28-15-17-29(18-16-28)22-13-14-25(20(2)19-22)27-26(30)24-12-8-7-11-23(24)21-9-5-4-6-10-21/h4-14,19H,3,15-18H2,1-2H3,(H,27,30). The van der Waals surface area contributed by atoms with Gasteiger partial charge in [-0.05, 0) is 54.4 Å². The van der Waals surface area contributed by atoms with Crippen LogP contribution in [0.2, 0.25) is 0 Å². The first kappa shape index (κ1) is 20.2. The number of rotatable bonds is 5. The van der Waals surface area contributed by atoms with Crippen LogP contribution in [0.5, 0.6) is 0 Å². The van der Waals surface area contributed by atoms with Crippen LogP contribution in [0.3, 0.4) is 0 Å². The molecule has 0 aliphatic carbocycles. The van der Waals surface area contributed by atoms with E-state index in [0.29, 0.717) is 5.56 Å². The number of hydrogen-bond acceptors (Lipinski definition) is 3. The zero-order valence-corrected chi connectivity index (χ0v) is 17.8. The molecule has 0 unspecified atom stereocenters. The van der Waals surface area contributed by atoms with Crippen molar-refractivity contribution in [3.05, 3.63) is 83.9 Å². The summed E-state index contributed by atoms with van der Waals surface area (Å²) in [7, 11) is 0. The lowest BCUT2D eigenvalue weighted by atomic mass is 9.99. The van der Waals surface area contributed by atoms with Gasteiger partial charge in [-0.15, -0.1) is 0 Å². The number of amides is 1. The second kappa shape index (κ2) is 9.14. The SMILES string of the molecule is CCN1CCN(c2ccc(NC(=O)c3ccccc3-c3ccccc3)c(C)c2)CC1. The maximum absolute atomic E-state index is 13.1. The van der Waals surface area contributed by atoms with E-state index < -0.39 is 0 Å². The van der Waals surface area contributed by atoms with Crippen molar-refractivity contribution in [1.82, 2.24) is 4.90 Å². The van der Waals surface area contributed by atoms with Gasteiger partial charge in [0, 0.05) is 43.1 Å². The first-order valence-electron chi connectivity index (χ1n) is 10.7. The smallest absolute Gasteiger partial charge is 0.256 e. The molecule has 0 saturated carbocycles. The number of hydrogen-bond donors (Lipinski definition) is 1. The summed E-state index contributed by atoms with van der Waals surface area (Å²) >= 11 is 0. The Bertz CT molecular complexity index is 1010. The van der Waals surface area contributed by atoms with Crippen LogP contribution in [0.1, 0.15) is 22.8 Å². The molecule has 1 N–H and O–H groups in total. The predicted octanol–water partition coefficient (Wildman–Crippen LogP) is 5.06. The van der Waals surface area contributed by atoms with Gasteiger partial charge in [0.2, 0.25) is 0 Å². The molecule has 1 saturated heterocycles. The fourth-order valence-electron chi connectivity index (χ4n) is 4.05. The summed E-state index contributed by atoms with van der Waals surface area (Å²) in [5.41, 5.74) is 5.84. The molecule has 1 amide bonds. The Morgan fingerprint density at radius 2 is 1.60 bits per heavy atom. The third-order valence-corrected chi connectivity index (χ3v) is 5.90. The minimum Gasteiger partial charge on any atom is -0.369 e. The highest BCUT2D eigenvalue weighted by Crippen LogP contribution is 2.27. The summed E-state index contributed by atoms with van der Waals surface area (Å²) in [6.45, 7) is 9.68. The zero-order valence-electron chi connectivity index (χ0n) is 17.8. The third kappa shape index (κ3) is 4.39. The second-order valence-corrected chi connectivity index (χ2v) is 7.79. The van der Waals surface area contributed by atoms with Crippen LogP contribution in [0.4, 0.5) is 11.4 Å². The van der Waals surface area contributed by atoms with Gasteiger partial charge in [-0.25, -0.2) is 0 Å². The van der Waals surface area contributed by atoms with Crippen LogP contribution in [0.25, 0.3) is 11.1 Å². The van der Waals surface area contributed by atoms with Gasteiger partial charge < -0.3 is 15.1 Å². The molecule has 0 atom stereocenters. The van der Waals surface area contributed by atoms with Crippen molar-refractivity contribution < 1.29 is 4.79 Å². The molecular weight excluding hydrogens is 370 g/mol. The first-order valence-corrected chi connectivity index (χ1v) is 10.7. The van der Waals surface area contributed by atoms with Gasteiger partial charge in [0.05, 0.1) is 0 Å². The van der Waals surface area contributed by atoms with Gasteiger partial charge in [-0.1, -0.05) is 55.5 Å². The molecule has 4 rings (SSSR count). The number of likely N-dealkylation sites (N-methyl/N-ethyl adjacent to an activating group) is 1. The third-order valence-electron chi connectivity index (χ3n) is 5.90. The molecule has 1 aliphatic heterocycles. The van der Waals surface area contributed by atoms with Crippen molar-refractivity contribution in [3.8, 4) is 11.1 Å². The monoisotopic (exact) mass is 399 g/mol. The second-order valence-electron chi connectivity index (χ2n) is 7.79. The number of aryl methyl sites for hydroxylation is 1. The fraction of sp³-hybridized carbons (Fsp3) is 0.269. The van der Waals surface area contributed by atoms with Crippen LogP contribution in [-0.4, -0.2) is 43.5 Å². The number of carbonyl (C=O) groups is 1. The van der Waals surface area contributed by atoms with Gasteiger partial charge in [0.15, 0.2) is 0 Å². The van der Waals surface area contributed by atoms with Crippen LogP contribution >= 0.6 is 0 Å². The Hall–Kier alpha value is -3.11. The fourth-order valence-corrected chi connectivity index (χ4v) is 4.05. The summed E-state index contributed by atoms with van der Waals surface area (Å²) in [6, 6.07) is 24.1. The molecule has 1 heterocycles. The number of carbonyl (C=O) groups excluding carboxylic acids is 1. The number of piperazine rings is 1. The molecule has 3 aromatic carbocycles. The van der Waals surface area contributed by atoms with Crippen LogP contribution in [0, 0.1) is 6.92 Å². The number of benzene rings is 3. The van der Waals surface area contributed by atoms with E-state index in [0.717, 1.165) is 55.1 Å². The largest absolute Gasteiger partial charge is 0.369 e. The van der Waals surface area contributed by atoms with Gasteiger partial charge in [0.1, 0.15) is 0 Å². The van der Waals surface area contributed by atoms with Gasteiger partial charge >= 0.3 is 0 Å². The molecule has 0 spiro atoms. The topological polar surface area (TPSA) is 35.6 Å². The predicted molar refractivity (Wildman–Crippen MR) is 125 cm³/mol. The Morgan fingerprint density at radius 1 is 0.900 bits per heavy atom. The molecule has 1 fully saturated rings. The van der Waals surface area contributed by atoms with Crippen molar-refractivity contribution >= 4 is 17.3 Å². The number of nitrogens with one attached hydrogen (secondary N) is 1. The summed E-state index contributed by atoms with van der Waals surface area (Å²) in [4.78, 5) is 18.0. The maximum Gasteiger partial charge on any atom is 0.256 e. The normalized spacial score (nSPS) is 14.5. The molecular formula is C26H29N3O. The van der Waals surface area contributed by atoms with E-state index in [2.05, 4.69) is 41.1 Å². The van der Waals surface area contributed by atoms with E-state index in [1.807, 2.05) is 60.7 Å². The molecule has 154 valence electrons. The zero-order chi connectivity index (χ0) is 20.9. The van der Waals surface area contributed by atoms with Crippen molar-refractivity contribution in [2.75, 3.05) is 42.9 Å². The molecule has 3 aromatic rings. The highest BCUT2D eigenvalue weighted by atomic mass is 16.1. The molecule has 1 aliphatic rings. The Morgan fingerprint density at radius 3 is 2.30 bits per heavy atom. The molecule has 4 heteroatoms. The Balaban J connectivity index is 1.51. The van der Waals surface area contributed by atoms with E-state index in [-0.39, 0.29) is 5.91 Å². The molecule has 4 nitrogen and oxygen atoms in total. The quantitative estimate of drug-likeness (QED) is 0.652. The van der Waals surface area contributed by atoms with E-state index in [1.54, 1.807) is 0 Å². The molecule has 0 aromatic heterocycles. The Labute approximate surface area is 179 Å². The highest BCUT2D eigenvalue weighted by molar-refractivity contribution is 6.09.